The van der Waals surface area contributed by atoms with Crippen LogP contribution in [-0.4, -0.2) is 32.1 Å². The quantitative estimate of drug-likeness (QED) is 0.374. The molecule has 0 aliphatic heterocycles. The number of hydrogen-bond acceptors (Lipinski definition) is 4. The number of nitrogens with two attached hydrogens (primary N) is 1. The molecular weight excluding hydrogens is 428 g/mol. The number of anilines is 1. The average molecular weight is 461 g/mol. The Bertz CT molecular complexity index is 1080. The van der Waals surface area contributed by atoms with Gasteiger partial charge in [-0.2, -0.15) is 0 Å². The van der Waals surface area contributed by atoms with Gasteiger partial charge in [0.15, 0.2) is 0 Å². The first kappa shape index (κ1) is 24.8. The summed E-state index contributed by atoms with van der Waals surface area (Å²) in [5.74, 6) is 1.03. The predicted octanol–water partition coefficient (Wildman–Crippen LogP) is 5.25. The fraction of sp³-hybridized carbons (Fsp3) is 0.286. The maximum Gasteiger partial charge on any atom is 0.258 e. The molecule has 0 heterocycles. The summed E-state index contributed by atoms with van der Waals surface area (Å²) in [4.78, 5) is 25.7. The minimum Gasteiger partial charge on any atom is -0.494 e. The number of benzene rings is 3. The van der Waals surface area contributed by atoms with Gasteiger partial charge in [0.05, 0.1) is 13.2 Å². The number of aryl methyl sites for hydroxylation is 1. The lowest BCUT2D eigenvalue weighted by Gasteiger charge is -2.17. The van der Waals surface area contributed by atoms with Gasteiger partial charge in [0, 0.05) is 23.9 Å². The zero-order valence-electron chi connectivity index (χ0n) is 19.8. The van der Waals surface area contributed by atoms with Gasteiger partial charge in [-0.3, -0.25) is 9.59 Å². The van der Waals surface area contributed by atoms with Crippen LogP contribution in [0, 0.1) is 0 Å². The van der Waals surface area contributed by atoms with Crippen LogP contribution in [0.3, 0.4) is 0 Å². The molecule has 3 aromatic carbocycles. The number of primary amides is 1. The molecule has 0 radical (unpaired) electrons. The van der Waals surface area contributed by atoms with Crippen LogP contribution in [0.1, 0.15) is 52.5 Å². The zero-order chi connectivity index (χ0) is 24.3. The van der Waals surface area contributed by atoms with Crippen molar-refractivity contribution < 1.29 is 19.1 Å². The third-order valence-electron chi connectivity index (χ3n) is 5.60. The molecule has 0 saturated heterocycles. The highest BCUT2D eigenvalue weighted by molar-refractivity contribution is 6.05. The highest BCUT2D eigenvalue weighted by Gasteiger charge is 2.13. The molecule has 0 atom stereocenters. The molecule has 0 spiro atoms. The Morgan fingerprint density at radius 1 is 0.824 bits per heavy atom. The van der Waals surface area contributed by atoms with Crippen LogP contribution >= 0.6 is 0 Å². The highest BCUT2D eigenvalue weighted by atomic mass is 16.5. The van der Waals surface area contributed by atoms with Crippen LogP contribution in [0.4, 0.5) is 5.69 Å². The number of unbranched alkanes of at least 4 members (excludes halogenated alkanes) is 2. The van der Waals surface area contributed by atoms with E-state index < -0.39 is 5.91 Å². The van der Waals surface area contributed by atoms with E-state index in [1.165, 1.54) is 0 Å². The van der Waals surface area contributed by atoms with E-state index >= 15 is 0 Å². The lowest BCUT2D eigenvalue weighted by atomic mass is 10.0. The fourth-order valence-corrected chi connectivity index (χ4v) is 3.61. The molecule has 6 heteroatoms. The Balaban J connectivity index is 1.35. The zero-order valence-corrected chi connectivity index (χ0v) is 19.8. The van der Waals surface area contributed by atoms with Gasteiger partial charge in [-0.15, -0.1) is 0 Å². The van der Waals surface area contributed by atoms with Gasteiger partial charge < -0.3 is 20.1 Å². The first-order valence-electron chi connectivity index (χ1n) is 11.6. The summed E-state index contributed by atoms with van der Waals surface area (Å²) in [6.07, 6.45) is 3.51. The average Bonchev–Trinajstić information content (AvgIpc) is 2.87. The summed E-state index contributed by atoms with van der Waals surface area (Å²) >= 11 is 0. The molecular formula is C28H32N2O4. The normalized spacial score (nSPS) is 10.5. The topological polar surface area (TPSA) is 81.9 Å². The molecule has 34 heavy (non-hydrogen) atoms. The Kier molecular flexibility index (Phi) is 9.09. The number of amides is 2. The summed E-state index contributed by atoms with van der Waals surface area (Å²) in [7, 11) is 1.77. The summed E-state index contributed by atoms with van der Waals surface area (Å²) < 4.78 is 11.6. The SMILES string of the molecule is CCc1cc(OCCCCCOc2ccc(C(=O)N(C)c3ccccc3)cc2)ccc1C(N)=O. The molecule has 6 nitrogen and oxygen atoms in total. The van der Waals surface area contributed by atoms with Gasteiger partial charge in [0.1, 0.15) is 11.5 Å². The van der Waals surface area contributed by atoms with E-state index in [4.69, 9.17) is 15.2 Å². The minimum atomic E-state index is -0.413. The molecule has 0 aliphatic rings. The molecule has 0 saturated carbocycles. The predicted molar refractivity (Wildman–Crippen MR) is 135 cm³/mol. The second-order valence-electron chi connectivity index (χ2n) is 8.02. The molecule has 2 N–H and O–H groups in total. The van der Waals surface area contributed by atoms with Crippen LogP contribution in [0.25, 0.3) is 0 Å². The number of carbonyl (C=O) groups excluding carboxylic acids is 2. The standard InChI is InChI=1S/C28H32N2O4/c1-3-21-20-25(16-17-26(21)27(29)31)34-19-9-5-8-18-33-24-14-12-22(13-15-24)28(32)30(2)23-10-6-4-7-11-23/h4,6-7,10-17,20H,3,5,8-9,18-19H2,1-2H3,(H2,29,31). The number of rotatable bonds is 12. The van der Waals surface area contributed by atoms with Crippen molar-refractivity contribution in [3.8, 4) is 11.5 Å². The maximum absolute atomic E-state index is 12.7. The number of hydrogen-bond donors (Lipinski definition) is 1. The van der Waals surface area contributed by atoms with Gasteiger partial charge in [-0.25, -0.2) is 0 Å². The van der Waals surface area contributed by atoms with Gasteiger partial charge in [-0.05, 0) is 85.8 Å². The molecule has 0 bridgehead atoms. The van der Waals surface area contributed by atoms with E-state index in [-0.39, 0.29) is 5.91 Å². The molecule has 3 rings (SSSR count). The molecule has 178 valence electrons. The Hall–Kier alpha value is -3.80. The first-order valence-corrected chi connectivity index (χ1v) is 11.6. The smallest absolute Gasteiger partial charge is 0.258 e. The van der Waals surface area contributed by atoms with E-state index in [1.807, 2.05) is 55.5 Å². The maximum atomic E-state index is 12.7. The molecule has 3 aromatic rings. The molecule has 2 amide bonds. The van der Waals surface area contributed by atoms with Crippen LogP contribution in [0.5, 0.6) is 11.5 Å². The lowest BCUT2D eigenvalue weighted by molar-refractivity contribution is 0.0987. The Morgan fingerprint density at radius 2 is 1.44 bits per heavy atom. The third kappa shape index (κ3) is 6.85. The summed E-state index contributed by atoms with van der Waals surface area (Å²) in [5, 5.41) is 0. The molecule has 0 aliphatic carbocycles. The van der Waals surface area contributed by atoms with E-state index in [0.29, 0.717) is 24.3 Å². The van der Waals surface area contributed by atoms with Crippen molar-refractivity contribution in [1.82, 2.24) is 0 Å². The summed E-state index contributed by atoms with van der Waals surface area (Å²) in [5.41, 5.74) is 8.31. The lowest BCUT2D eigenvalue weighted by Crippen LogP contribution is -2.25. The number of nitrogens with zero attached hydrogens (tertiary/aromatic N) is 1. The van der Waals surface area contributed by atoms with Gasteiger partial charge in [-0.1, -0.05) is 25.1 Å². The van der Waals surface area contributed by atoms with E-state index in [1.54, 1.807) is 36.2 Å². The van der Waals surface area contributed by atoms with Crippen LogP contribution in [0.15, 0.2) is 72.8 Å². The number of carbonyl (C=O) groups is 2. The van der Waals surface area contributed by atoms with E-state index in [0.717, 1.165) is 48.4 Å². The van der Waals surface area contributed by atoms with E-state index in [2.05, 4.69) is 0 Å². The van der Waals surface area contributed by atoms with Crippen molar-refractivity contribution in [3.05, 3.63) is 89.5 Å². The van der Waals surface area contributed by atoms with Crippen LogP contribution in [-0.2, 0) is 6.42 Å². The van der Waals surface area contributed by atoms with Crippen LogP contribution < -0.4 is 20.1 Å². The van der Waals surface area contributed by atoms with Gasteiger partial charge >= 0.3 is 0 Å². The van der Waals surface area contributed by atoms with E-state index in [9.17, 15) is 9.59 Å². The highest BCUT2D eigenvalue weighted by Crippen LogP contribution is 2.20. The van der Waals surface area contributed by atoms with Crippen molar-refractivity contribution in [2.45, 2.75) is 32.6 Å². The summed E-state index contributed by atoms with van der Waals surface area (Å²) in [6, 6.07) is 22.2. The summed E-state index contributed by atoms with van der Waals surface area (Å²) in [6.45, 7) is 3.19. The number of para-hydroxylation sites is 1. The first-order chi connectivity index (χ1) is 16.5. The van der Waals surface area contributed by atoms with Crippen LogP contribution in [0.2, 0.25) is 0 Å². The fourth-order valence-electron chi connectivity index (χ4n) is 3.61. The minimum absolute atomic E-state index is 0.0620. The van der Waals surface area contributed by atoms with Crippen molar-refractivity contribution >= 4 is 17.5 Å². The van der Waals surface area contributed by atoms with Crippen molar-refractivity contribution in [2.75, 3.05) is 25.2 Å². The van der Waals surface area contributed by atoms with Crippen molar-refractivity contribution in [1.29, 1.82) is 0 Å². The molecule has 0 fully saturated rings. The van der Waals surface area contributed by atoms with Gasteiger partial charge in [0.25, 0.3) is 5.91 Å². The van der Waals surface area contributed by atoms with Crippen molar-refractivity contribution in [2.24, 2.45) is 5.73 Å². The molecule has 0 aromatic heterocycles. The second kappa shape index (κ2) is 12.4. The Morgan fingerprint density at radius 3 is 2.06 bits per heavy atom. The molecule has 0 unspecified atom stereocenters. The number of ether oxygens (including phenoxy) is 2. The largest absolute Gasteiger partial charge is 0.494 e. The Labute approximate surface area is 201 Å². The second-order valence-corrected chi connectivity index (χ2v) is 8.02. The van der Waals surface area contributed by atoms with Gasteiger partial charge in [0.2, 0.25) is 5.91 Å². The third-order valence-corrected chi connectivity index (χ3v) is 5.60. The monoisotopic (exact) mass is 460 g/mol. The van der Waals surface area contributed by atoms with Crippen molar-refractivity contribution in [3.63, 3.8) is 0 Å².